The first-order valence-electron chi connectivity index (χ1n) is 6.76. The molecule has 106 valence electrons. The molecule has 4 nitrogen and oxygen atoms in total. The van der Waals surface area contributed by atoms with Crippen LogP contribution in [0.4, 0.5) is 0 Å². The molecular formula is C13H22N4S2. The quantitative estimate of drug-likeness (QED) is 0.648. The van der Waals surface area contributed by atoms with E-state index in [9.17, 15) is 0 Å². The van der Waals surface area contributed by atoms with E-state index < -0.39 is 0 Å². The van der Waals surface area contributed by atoms with Gasteiger partial charge in [0.1, 0.15) is 5.01 Å². The SMILES string of the molecule is CCNC(=NCc1nccs1)NCC1(C)CCCS1. The maximum atomic E-state index is 4.58. The second-order valence-electron chi connectivity index (χ2n) is 4.88. The zero-order valence-electron chi connectivity index (χ0n) is 11.6. The number of nitrogens with zero attached hydrogens (tertiary/aromatic N) is 2. The molecule has 19 heavy (non-hydrogen) atoms. The normalized spacial score (nSPS) is 23.6. The average Bonchev–Trinajstić information content (AvgIpc) is 3.05. The van der Waals surface area contributed by atoms with Crippen molar-refractivity contribution < 1.29 is 0 Å². The standard InChI is InChI=1S/C13H22N4S2/c1-3-14-12(16-9-11-15-6-8-18-11)17-10-13(2)5-4-7-19-13/h6,8H,3-5,7,9-10H2,1-2H3,(H2,14,16,17). The molecule has 1 aromatic heterocycles. The van der Waals surface area contributed by atoms with Gasteiger partial charge in [-0.15, -0.1) is 11.3 Å². The number of aromatic nitrogens is 1. The molecule has 6 heteroatoms. The van der Waals surface area contributed by atoms with Crippen molar-refractivity contribution in [2.45, 2.75) is 38.0 Å². The Morgan fingerprint density at radius 2 is 2.42 bits per heavy atom. The van der Waals surface area contributed by atoms with Crippen molar-refractivity contribution in [3.05, 3.63) is 16.6 Å². The van der Waals surface area contributed by atoms with Crippen LogP contribution in [0.5, 0.6) is 0 Å². The Bertz CT molecular complexity index is 397. The molecule has 0 radical (unpaired) electrons. The summed E-state index contributed by atoms with van der Waals surface area (Å²) < 4.78 is 0.359. The Labute approximate surface area is 123 Å². The number of thioether (sulfide) groups is 1. The Hall–Kier alpha value is -0.750. The lowest BCUT2D eigenvalue weighted by Crippen LogP contribution is -2.43. The van der Waals surface area contributed by atoms with Crippen LogP contribution in [0.15, 0.2) is 16.6 Å². The first-order chi connectivity index (χ1) is 9.22. The summed E-state index contributed by atoms with van der Waals surface area (Å²) in [5.74, 6) is 2.18. The Balaban J connectivity index is 1.86. The smallest absolute Gasteiger partial charge is 0.191 e. The number of rotatable bonds is 5. The molecule has 2 rings (SSSR count). The third kappa shape index (κ3) is 4.69. The van der Waals surface area contributed by atoms with Gasteiger partial charge in [0.05, 0.1) is 6.54 Å². The van der Waals surface area contributed by atoms with Crippen molar-refractivity contribution in [1.82, 2.24) is 15.6 Å². The first-order valence-corrected chi connectivity index (χ1v) is 8.63. The van der Waals surface area contributed by atoms with Gasteiger partial charge in [-0.2, -0.15) is 11.8 Å². The fraction of sp³-hybridized carbons (Fsp3) is 0.692. The van der Waals surface area contributed by atoms with E-state index in [-0.39, 0.29) is 0 Å². The third-order valence-corrected chi connectivity index (χ3v) is 5.43. The van der Waals surface area contributed by atoms with E-state index in [1.165, 1.54) is 18.6 Å². The molecule has 0 bridgehead atoms. The van der Waals surface area contributed by atoms with Crippen molar-refractivity contribution in [3.63, 3.8) is 0 Å². The molecule has 1 unspecified atom stereocenters. The zero-order chi connectivity index (χ0) is 13.6. The highest BCUT2D eigenvalue weighted by Crippen LogP contribution is 2.36. The summed E-state index contributed by atoms with van der Waals surface area (Å²) in [6.07, 6.45) is 4.44. The molecule has 1 aromatic rings. The Kier molecular flexibility index (Phi) is 5.51. The maximum absolute atomic E-state index is 4.58. The largest absolute Gasteiger partial charge is 0.357 e. The molecule has 1 aliphatic rings. The Morgan fingerprint density at radius 3 is 3.05 bits per heavy atom. The van der Waals surface area contributed by atoms with Crippen molar-refractivity contribution >= 4 is 29.1 Å². The highest BCUT2D eigenvalue weighted by molar-refractivity contribution is 8.00. The minimum absolute atomic E-state index is 0.359. The van der Waals surface area contributed by atoms with E-state index in [4.69, 9.17) is 0 Å². The van der Waals surface area contributed by atoms with E-state index in [0.717, 1.165) is 24.1 Å². The van der Waals surface area contributed by atoms with Crippen molar-refractivity contribution in [1.29, 1.82) is 0 Å². The molecule has 1 saturated heterocycles. The first kappa shape index (κ1) is 14.7. The van der Waals surface area contributed by atoms with Gasteiger partial charge < -0.3 is 10.6 Å². The topological polar surface area (TPSA) is 49.3 Å². The number of nitrogens with one attached hydrogen (secondary N) is 2. The number of hydrogen-bond acceptors (Lipinski definition) is 4. The van der Waals surface area contributed by atoms with E-state index >= 15 is 0 Å². The van der Waals surface area contributed by atoms with Crippen LogP contribution in [-0.2, 0) is 6.54 Å². The molecule has 0 saturated carbocycles. The molecule has 0 aromatic carbocycles. The molecule has 1 aliphatic heterocycles. The summed E-state index contributed by atoms with van der Waals surface area (Å²) >= 11 is 3.71. The van der Waals surface area contributed by atoms with E-state index in [0.29, 0.717) is 11.3 Å². The predicted octanol–water partition coefficient (Wildman–Crippen LogP) is 2.48. The molecule has 1 atom stereocenters. The monoisotopic (exact) mass is 298 g/mol. The molecule has 0 amide bonds. The van der Waals surface area contributed by atoms with Crippen LogP contribution in [0, 0.1) is 0 Å². The second-order valence-corrected chi connectivity index (χ2v) is 7.54. The number of aliphatic imine (C=N–C) groups is 1. The number of hydrogen-bond donors (Lipinski definition) is 2. The van der Waals surface area contributed by atoms with Gasteiger partial charge in [-0.25, -0.2) is 9.98 Å². The lowest BCUT2D eigenvalue weighted by molar-refractivity contribution is 0.584. The van der Waals surface area contributed by atoms with Crippen LogP contribution >= 0.6 is 23.1 Å². The van der Waals surface area contributed by atoms with Gasteiger partial charge in [-0.05, 0) is 32.4 Å². The van der Waals surface area contributed by atoms with Gasteiger partial charge in [-0.3, -0.25) is 0 Å². The van der Waals surface area contributed by atoms with Crippen LogP contribution in [-0.4, -0.2) is 34.5 Å². The number of thiazole rings is 1. The van der Waals surface area contributed by atoms with Gasteiger partial charge in [0, 0.05) is 29.4 Å². The number of guanidine groups is 1. The van der Waals surface area contributed by atoms with Crippen LogP contribution < -0.4 is 10.6 Å². The third-order valence-electron chi connectivity index (χ3n) is 3.13. The average molecular weight is 298 g/mol. The Morgan fingerprint density at radius 1 is 1.53 bits per heavy atom. The van der Waals surface area contributed by atoms with E-state index in [2.05, 4.69) is 46.2 Å². The summed E-state index contributed by atoms with van der Waals surface area (Å²) in [4.78, 5) is 8.83. The summed E-state index contributed by atoms with van der Waals surface area (Å²) in [6, 6.07) is 0. The zero-order valence-corrected chi connectivity index (χ0v) is 13.2. The summed E-state index contributed by atoms with van der Waals surface area (Å²) in [5.41, 5.74) is 0. The van der Waals surface area contributed by atoms with Gasteiger partial charge in [0.2, 0.25) is 0 Å². The van der Waals surface area contributed by atoms with Crippen molar-refractivity contribution in [2.75, 3.05) is 18.8 Å². The summed E-state index contributed by atoms with van der Waals surface area (Å²) in [6.45, 7) is 6.93. The maximum Gasteiger partial charge on any atom is 0.191 e. The summed E-state index contributed by atoms with van der Waals surface area (Å²) in [5, 5.41) is 9.79. The molecule has 2 heterocycles. The molecule has 0 spiro atoms. The second kappa shape index (κ2) is 7.14. The molecular weight excluding hydrogens is 276 g/mol. The predicted molar refractivity (Wildman–Crippen MR) is 85.0 cm³/mol. The minimum atomic E-state index is 0.359. The lowest BCUT2D eigenvalue weighted by atomic mass is 10.1. The summed E-state index contributed by atoms with van der Waals surface area (Å²) in [7, 11) is 0. The van der Waals surface area contributed by atoms with Gasteiger partial charge in [-0.1, -0.05) is 0 Å². The van der Waals surface area contributed by atoms with Gasteiger partial charge in [0.15, 0.2) is 5.96 Å². The van der Waals surface area contributed by atoms with Gasteiger partial charge >= 0.3 is 0 Å². The van der Waals surface area contributed by atoms with E-state index in [1.807, 2.05) is 11.6 Å². The van der Waals surface area contributed by atoms with Crippen molar-refractivity contribution in [2.24, 2.45) is 4.99 Å². The highest BCUT2D eigenvalue weighted by Gasteiger charge is 2.29. The molecule has 1 fully saturated rings. The van der Waals surface area contributed by atoms with Crippen molar-refractivity contribution in [3.8, 4) is 0 Å². The van der Waals surface area contributed by atoms with Gasteiger partial charge in [0.25, 0.3) is 0 Å². The van der Waals surface area contributed by atoms with Crippen LogP contribution in [0.1, 0.15) is 31.7 Å². The highest BCUT2D eigenvalue weighted by atomic mass is 32.2. The van der Waals surface area contributed by atoms with E-state index in [1.54, 1.807) is 11.3 Å². The van der Waals surface area contributed by atoms with Crippen LogP contribution in [0.3, 0.4) is 0 Å². The fourth-order valence-electron chi connectivity index (χ4n) is 2.07. The minimum Gasteiger partial charge on any atom is -0.357 e. The van der Waals surface area contributed by atoms with Crippen LogP contribution in [0.2, 0.25) is 0 Å². The molecule has 2 N–H and O–H groups in total. The van der Waals surface area contributed by atoms with Crippen LogP contribution in [0.25, 0.3) is 0 Å². The molecule has 0 aliphatic carbocycles. The fourth-order valence-corrected chi connectivity index (χ4v) is 3.85. The lowest BCUT2D eigenvalue weighted by Gasteiger charge is -2.24.